The minimum absolute atomic E-state index is 0.0645. The summed E-state index contributed by atoms with van der Waals surface area (Å²) in [4.78, 5) is 16.9. The highest BCUT2D eigenvalue weighted by Gasteiger charge is 2.15. The number of benzene rings is 2. The smallest absolute Gasteiger partial charge is 0.220 e. The quantitative estimate of drug-likeness (QED) is 0.644. The number of hydrogen-bond acceptors (Lipinski definition) is 4. The maximum absolute atomic E-state index is 12.3. The first-order valence-corrected chi connectivity index (χ1v) is 10.7. The first kappa shape index (κ1) is 20.4. The molecule has 0 radical (unpaired) electrons. The Morgan fingerprint density at radius 3 is 2.77 bits per heavy atom. The van der Waals surface area contributed by atoms with Gasteiger partial charge in [-0.15, -0.1) is 0 Å². The van der Waals surface area contributed by atoms with Crippen LogP contribution in [0.4, 0.5) is 5.82 Å². The molecule has 3 aromatic rings. The van der Waals surface area contributed by atoms with Crippen LogP contribution < -0.4 is 11.1 Å². The Kier molecular flexibility index (Phi) is 6.29. The first-order valence-electron chi connectivity index (χ1n) is 10.7. The molecule has 1 fully saturated rings. The number of nitrogens with one attached hydrogen (secondary N) is 1. The van der Waals surface area contributed by atoms with Gasteiger partial charge in [0, 0.05) is 31.6 Å². The summed E-state index contributed by atoms with van der Waals surface area (Å²) in [6.45, 7) is 4.44. The van der Waals surface area contributed by atoms with Crippen LogP contribution in [-0.4, -0.2) is 30.6 Å². The molecule has 30 heavy (non-hydrogen) atoms. The second kappa shape index (κ2) is 9.26. The van der Waals surface area contributed by atoms with E-state index in [1.807, 2.05) is 12.1 Å². The fourth-order valence-corrected chi connectivity index (χ4v) is 4.05. The molecule has 1 amide bonds. The number of carbonyl (C=O) groups excluding carboxylic acids is 1. The van der Waals surface area contributed by atoms with Crippen LogP contribution in [0.1, 0.15) is 30.4 Å². The van der Waals surface area contributed by atoms with Crippen LogP contribution in [0, 0.1) is 12.8 Å². The van der Waals surface area contributed by atoms with Crippen molar-refractivity contribution < 1.29 is 9.53 Å². The van der Waals surface area contributed by atoms with Gasteiger partial charge >= 0.3 is 0 Å². The highest BCUT2D eigenvalue weighted by Crippen LogP contribution is 2.28. The molecule has 1 aliphatic rings. The lowest BCUT2D eigenvalue weighted by Crippen LogP contribution is -2.32. The van der Waals surface area contributed by atoms with Crippen LogP contribution in [0.5, 0.6) is 0 Å². The van der Waals surface area contributed by atoms with E-state index < -0.39 is 0 Å². The Bertz CT molecular complexity index is 1040. The number of fused-ring (bicyclic) bond motifs is 1. The van der Waals surface area contributed by atoms with E-state index in [-0.39, 0.29) is 5.91 Å². The molecule has 156 valence electrons. The molecular formula is C25H29N3O2. The van der Waals surface area contributed by atoms with Gasteiger partial charge in [0.15, 0.2) is 0 Å². The number of aromatic nitrogens is 1. The molecule has 0 saturated carbocycles. The minimum Gasteiger partial charge on any atom is -0.383 e. The van der Waals surface area contributed by atoms with Crippen LogP contribution in [-0.2, 0) is 16.0 Å². The standard InChI is InChI=1S/C25H29N3O2/c1-17-4-2-3-5-22(17)19-6-8-23-21(14-19)15-20(25(26)28-23)7-9-24(29)27-16-18-10-12-30-13-11-18/h2-6,8,14-15,18H,7,9-13,16H2,1H3,(H2,26,28)(H,27,29). The normalized spacial score (nSPS) is 14.7. The predicted octanol–water partition coefficient (Wildman–Crippen LogP) is 4.27. The Labute approximate surface area is 177 Å². The summed E-state index contributed by atoms with van der Waals surface area (Å²) in [5.74, 6) is 1.09. The average molecular weight is 404 g/mol. The monoisotopic (exact) mass is 403 g/mol. The van der Waals surface area contributed by atoms with Gasteiger partial charge in [-0.25, -0.2) is 4.98 Å². The molecule has 1 saturated heterocycles. The number of aryl methyl sites for hydroxylation is 2. The van der Waals surface area contributed by atoms with E-state index in [4.69, 9.17) is 10.5 Å². The molecule has 1 aliphatic heterocycles. The van der Waals surface area contributed by atoms with Gasteiger partial charge in [0.2, 0.25) is 5.91 Å². The van der Waals surface area contributed by atoms with E-state index >= 15 is 0 Å². The molecular weight excluding hydrogens is 374 g/mol. The van der Waals surface area contributed by atoms with Crippen molar-refractivity contribution in [3.63, 3.8) is 0 Å². The molecule has 2 aromatic carbocycles. The number of carbonyl (C=O) groups is 1. The van der Waals surface area contributed by atoms with E-state index in [1.54, 1.807) is 0 Å². The lowest BCUT2D eigenvalue weighted by atomic mass is 9.98. The lowest BCUT2D eigenvalue weighted by molar-refractivity contribution is -0.121. The van der Waals surface area contributed by atoms with E-state index in [0.717, 1.165) is 54.6 Å². The van der Waals surface area contributed by atoms with Crippen molar-refractivity contribution >= 4 is 22.6 Å². The maximum Gasteiger partial charge on any atom is 0.220 e. The average Bonchev–Trinajstić information content (AvgIpc) is 2.77. The van der Waals surface area contributed by atoms with Gasteiger partial charge in [-0.1, -0.05) is 30.3 Å². The van der Waals surface area contributed by atoms with Crippen molar-refractivity contribution in [2.45, 2.75) is 32.6 Å². The summed E-state index contributed by atoms with van der Waals surface area (Å²) in [6.07, 6.45) is 3.04. The summed E-state index contributed by atoms with van der Waals surface area (Å²) in [6, 6.07) is 16.7. The molecule has 0 atom stereocenters. The van der Waals surface area contributed by atoms with Gasteiger partial charge in [-0.3, -0.25) is 4.79 Å². The topological polar surface area (TPSA) is 77.2 Å². The second-order valence-electron chi connectivity index (χ2n) is 8.11. The molecule has 2 heterocycles. The molecule has 0 bridgehead atoms. The zero-order chi connectivity index (χ0) is 20.9. The number of rotatable bonds is 6. The van der Waals surface area contributed by atoms with Crippen molar-refractivity contribution in [2.24, 2.45) is 5.92 Å². The largest absolute Gasteiger partial charge is 0.383 e. The Balaban J connectivity index is 1.45. The molecule has 5 nitrogen and oxygen atoms in total. The number of anilines is 1. The fourth-order valence-electron chi connectivity index (χ4n) is 4.05. The molecule has 3 N–H and O–H groups in total. The minimum atomic E-state index is 0.0645. The van der Waals surface area contributed by atoms with E-state index in [0.29, 0.717) is 24.6 Å². The van der Waals surface area contributed by atoms with Gasteiger partial charge in [0.1, 0.15) is 5.82 Å². The van der Waals surface area contributed by atoms with Crippen LogP contribution in [0.25, 0.3) is 22.0 Å². The van der Waals surface area contributed by atoms with Gasteiger partial charge < -0.3 is 15.8 Å². The Morgan fingerprint density at radius 1 is 1.17 bits per heavy atom. The number of pyridine rings is 1. The number of nitrogens with zero attached hydrogens (tertiary/aromatic N) is 1. The summed E-state index contributed by atoms with van der Waals surface area (Å²) in [7, 11) is 0. The molecule has 1 aromatic heterocycles. The van der Waals surface area contributed by atoms with Crippen LogP contribution in [0.2, 0.25) is 0 Å². The third-order valence-corrected chi connectivity index (χ3v) is 5.93. The SMILES string of the molecule is Cc1ccccc1-c1ccc2nc(N)c(CCC(=O)NCC3CCOCC3)cc2c1. The number of ether oxygens (including phenoxy) is 1. The van der Waals surface area contributed by atoms with Gasteiger partial charge in [0.05, 0.1) is 5.52 Å². The van der Waals surface area contributed by atoms with Crippen LogP contribution in [0.3, 0.4) is 0 Å². The predicted molar refractivity (Wildman–Crippen MR) is 121 cm³/mol. The second-order valence-corrected chi connectivity index (χ2v) is 8.11. The maximum atomic E-state index is 12.3. The van der Waals surface area contributed by atoms with Crippen molar-refractivity contribution in [2.75, 3.05) is 25.5 Å². The fraction of sp³-hybridized carbons (Fsp3) is 0.360. The number of hydrogen-bond donors (Lipinski definition) is 2. The summed E-state index contributed by atoms with van der Waals surface area (Å²) in [5, 5.41) is 4.10. The molecule has 0 unspecified atom stereocenters. The molecule has 0 aliphatic carbocycles. The molecule has 4 rings (SSSR count). The Hall–Kier alpha value is -2.92. The Morgan fingerprint density at radius 2 is 1.97 bits per heavy atom. The van der Waals surface area contributed by atoms with Crippen molar-refractivity contribution in [3.05, 3.63) is 59.7 Å². The number of nitrogens with two attached hydrogens (primary N) is 1. The molecule has 0 spiro atoms. The van der Waals surface area contributed by atoms with Crippen LogP contribution >= 0.6 is 0 Å². The highest BCUT2D eigenvalue weighted by atomic mass is 16.5. The number of nitrogen functional groups attached to an aromatic ring is 1. The van der Waals surface area contributed by atoms with E-state index in [1.165, 1.54) is 11.1 Å². The summed E-state index contributed by atoms with van der Waals surface area (Å²) in [5.41, 5.74) is 11.6. The van der Waals surface area contributed by atoms with Crippen LogP contribution in [0.15, 0.2) is 48.5 Å². The van der Waals surface area contributed by atoms with E-state index in [2.05, 4.69) is 53.6 Å². The third-order valence-electron chi connectivity index (χ3n) is 5.93. The zero-order valence-electron chi connectivity index (χ0n) is 17.5. The third kappa shape index (κ3) is 4.79. The first-order chi connectivity index (χ1) is 14.6. The van der Waals surface area contributed by atoms with Crippen molar-refractivity contribution in [1.29, 1.82) is 0 Å². The van der Waals surface area contributed by atoms with Crippen molar-refractivity contribution in [1.82, 2.24) is 10.3 Å². The highest BCUT2D eigenvalue weighted by molar-refractivity contribution is 5.87. The zero-order valence-corrected chi connectivity index (χ0v) is 17.5. The summed E-state index contributed by atoms with van der Waals surface area (Å²) < 4.78 is 5.37. The number of amides is 1. The lowest BCUT2D eigenvalue weighted by Gasteiger charge is -2.22. The molecule has 5 heteroatoms. The van der Waals surface area contributed by atoms with Gasteiger partial charge in [-0.05, 0) is 72.6 Å². The van der Waals surface area contributed by atoms with E-state index in [9.17, 15) is 4.79 Å². The van der Waals surface area contributed by atoms with Gasteiger partial charge in [0.25, 0.3) is 0 Å². The van der Waals surface area contributed by atoms with Gasteiger partial charge in [-0.2, -0.15) is 0 Å². The summed E-state index contributed by atoms with van der Waals surface area (Å²) >= 11 is 0. The van der Waals surface area contributed by atoms with Crippen molar-refractivity contribution in [3.8, 4) is 11.1 Å².